The quantitative estimate of drug-likeness (QED) is 0.625. The average Bonchev–Trinajstić information content (AvgIpc) is 2.89. The number of hydrogen-bond donors (Lipinski definition) is 1. The molecule has 28 heavy (non-hydrogen) atoms. The van der Waals surface area contributed by atoms with E-state index < -0.39 is 6.23 Å². The van der Waals surface area contributed by atoms with Gasteiger partial charge in [-0.25, -0.2) is 0 Å². The first-order valence-electron chi connectivity index (χ1n) is 8.37. The molecule has 0 unspecified atom stereocenters. The Kier molecular flexibility index (Phi) is 5.15. The number of hydrogen-bond acceptors (Lipinski definition) is 8. The molecule has 0 amide bonds. The van der Waals surface area contributed by atoms with Gasteiger partial charge in [-0.3, -0.25) is 0 Å². The zero-order valence-electron chi connectivity index (χ0n) is 15.4. The predicted molar refractivity (Wildman–Crippen MR) is 109 cm³/mol. The number of aromatic nitrogens is 3. The zero-order chi connectivity index (χ0) is 19.7. The lowest BCUT2D eigenvalue weighted by atomic mass is 10.1. The molecule has 0 fully saturated rings. The lowest BCUT2D eigenvalue weighted by Crippen LogP contribution is -2.18. The van der Waals surface area contributed by atoms with E-state index in [-0.39, 0.29) is 0 Å². The number of ether oxygens (including phenoxy) is 3. The van der Waals surface area contributed by atoms with Gasteiger partial charge in [-0.05, 0) is 18.4 Å². The summed E-state index contributed by atoms with van der Waals surface area (Å²) in [6, 6.07) is 11.2. The van der Waals surface area contributed by atoms with E-state index in [0.717, 1.165) is 11.3 Å². The Bertz CT molecular complexity index is 1030. The van der Waals surface area contributed by atoms with Crippen molar-refractivity contribution in [1.29, 1.82) is 0 Å². The van der Waals surface area contributed by atoms with E-state index in [1.807, 2.05) is 30.5 Å². The number of rotatable bonds is 4. The van der Waals surface area contributed by atoms with Crippen molar-refractivity contribution >= 4 is 29.1 Å². The van der Waals surface area contributed by atoms with E-state index in [1.165, 1.54) is 11.8 Å². The number of thioether (sulfide) groups is 1. The molecule has 3 aromatic rings. The highest BCUT2D eigenvalue weighted by atomic mass is 35.5. The number of halogens is 1. The summed E-state index contributed by atoms with van der Waals surface area (Å²) in [5.74, 6) is 1.47. The van der Waals surface area contributed by atoms with Crippen LogP contribution in [0.4, 0.5) is 5.69 Å². The van der Waals surface area contributed by atoms with Crippen LogP contribution in [0, 0.1) is 0 Å². The monoisotopic (exact) mass is 416 g/mol. The molecule has 0 saturated heterocycles. The normalized spacial score (nSPS) is 14.8. The molecule has 1 aliphatic heterocycles. The molecule has 2 heterocycles. The SMILES string of the molecule is COc1cc(Cl)c([C@@H]2Nc3ccccc3-c3nnc(SC)nc3O2)cc1OC. The molecule has 1 aromatic heterocycles. The Labute approximate surface area is 171 Å². The van der Waals surface area contributed by atoms with Crippen LogP contribution < -0.4 is 19.5 Å². The first-order chi connectivity index (χ1) is 13.6. The van der Waals surface area contributed by atoms with Crippen LogP contribution in [0.2, 0.25) is 5.02 Å². The van der Waals surface area contributed by atoms with E-state index in [4.69, 9.17) is 25.8 Å². The maximum atomic E-state index is 6.53. The minimum absolute atomic E-state index is 0.382. The van der Waals surface area contributed by atoms with Gasteiger partial charge < -0.3 is 19.5 Å². The summed E-state index contributed by atoms with van der Waals surface area (Å²) in [5.41, 5.74) is 2.95. The van der Waals surface area contributed by atoms with Gasteiger partial charge >= 0.3 is 0 Å². The van der Waals surface area contributed by atoms with Crippen molar-refractivity contribution in [3.8, 4) is 28.6 Å². The third-order valence-corrected chi connectivity index (χ3v) is 5.17. The lowest BCUT2D eigenvalue weighted by Gasteiger charge is -2.21. The van der Waals surface area contributed by atoms with Gasteiger partial charge in [-0.1, -0.05) is 41.6 Å². The van der Waals surface area contributed by atoms with Crippen LogP contribution in [0.15, 0.2) is 41.6 Å². The number of nitrogens with one attached hydrogen (secondary N) is 1. The molecule has 7 nitrogen and oxygen atoms in total. The maximum absolute atomic E-state index is 6.53. The third-order valence-electron chi connectivity index (χ3n) is 4.30. The number of fused-ring (bicyclic) bond motifs is 3. The molecule has 0 aliphatic carbocycles. The summed E-state index contributed by atoms with van der Waals surface area (Å²) < 4.78 is 16.9. The third kappa shape index (κ3) is 3.29. The lowest BCUT2D eigenvalue weighted by molar-refractivity contribution is 0.224. The number of para-hydroxylation sites is 1. The molecule has 1 aliphatic rings. The summed E-state index contributed by atoms with van der Waals surface area (Å²) in [4.78, 5) is 4.50. The highest BCUT2D eigenvalue weighted by molar-refractivity contribution is 7.98. The Morgan fingerprint density at radius 1 is 1.11 bits per heavy atom. The van der Waals surface area contributed by atoms with Crippen molar-refractivity contribution in [1.82, 2.24) is 15.2 Å². The minimum atomic E-state index is -0.610. The van der Waals surface area contributed by atoms with E-state index in [1.54, 1.807) is 26.4 Å². The van der Waals surface area contributed by atoms with Gasteiger partial charge in [0.15, 0.2) is 23.4 Å². The molecule has 4 rings (SSSR count). The highest BCUT2D eigenvalue weighted by Crippen LogP contribution is 2.42. The molecule has 0 radical (unpaired) electrons. The Balaban J connectivity index is 1.86. The van der Waals surface area contributed by atoms with Gasteiger partial charge in [0.1, 0.15) is 0 Å². The fourth-order valence-electron chi connectivity index (χ4n) is 2.95. The second kappa shape index (κ2) is 7.73. The van der Waals surface area contributed by atoms with Gasteiger partial charge in [0, 0.05) is 22.9 Å². The second-order valence-corrected chi connectivity index (χ2v) is 7.05. The summed E-state index contributed by atoms with van der Waals surface area (Å²) in [6.07, 6.45) is 1.27. The minimum Gasteiger partial charge on any atom is -0.493 e. The van der Waals surface area contributed by atoms with Crippen LogP contribution >= 0.6 is 23.4 Å². The van der Waals surface area contributed by atoms with Crippen LogP contribution in [0.5, 0.6) is 17.4 Å². The Morgan fingerprint density at radius 2 is 1.86 bits per heavy atom. The number of benzene rings is 2. The number of methoxy groups -OCH3 is 2. The van der Waals surface area contributed by atoms with Crippen molar-refractivity contribution in [3.05, 3.63) is 47.0 Å². The summed E-state index contributed by atoms with van der Waals surface area (Å²) in [6.45, 7) is 0. The molecule has 0 bridgehead atoms. The van der Waals surface area contributed by atoms with Crippen LogP contribution in [-0.4, -0.2) is 35.7 Å². The number of nitrogens with zero attached hydrogens (tertiary/aromatic N) is 3. The summed E-state index contributed by atoms with van der Waals surface area (Å²) in [7, 11) is 3.14. The van der Waals surface area contributed by atoms with Gasteiger partial charge in [0.2, 0.25) is 11.0 Å². The standard InChI is InChI=1S/C19H17ClN4O3S/c1-25-14-8-11(12(20)9-15(14)26-2)17-21-13-7-5-4-6-10(13)16-18(27-17)22-19(28-3)24-23-16/h4-9,17,21H,1-3H3/t17-/m1/s1. The second-order valence-electron chi connectivity index (χ2n) is 5.87. The predicted octanol–water partition coefficient (Wildman–Crippen LogP) is 4.43. The van der Waals surface area contributed by atoms with Crippen LogP contribution in [0.3, 0.4) is 0 Å². The first-order valence-corrected chi connectivity index (χ1v) is 9.97. The molecule has 144 valence electrons. The molecule has 1 N–H and O–H groups in total. The van der Waals surface area contributed by atoms with Gasteiger partial charge in [-0.2, -0.15) is 4.98 Å². The van der Waals surface area contributed by atoms with E-state index in [9.17, 15) is 0 Å². The zero-order valence-corrected chi connectivity index (χ0v) is 17.0. The van der Waals surface area contributed by atoms with Crippen molar-refractivity contribution < 1.29 is 14.2 Å². The van der Waals surface area contributed by atoms with Crippen molar-refractivity contribution in [2.75, 3.05) is 25.8 Å². The van der Waals surface area contributed by atoms with Crippen molar-refractivity contribution in [2.45, 2.75) is 11.4 Å². The molecule has 9 heteroatoms. The van der Waals surface area contributed by atoms with Crippen molar-refractivity contribution in [2.24, 2.45) is 0 Å². The summed E-state index contributed by atoms with van der Waals surface area (Å²) >= 11 is 7.92. The topological polar surface area (TPSA) is 78.4 Å². The summed E-state index contributed by atoms with van der Waals surface area (Å²) in [5, 5.41) is 12.8. The van der Waals surface area contributed by atoms with Crippen LogP contribution in [-0.2, 0) is 0 Å². The fourth-order valence-corrected chi connectivity index (χ4v) is 3.49. The molecule has 0 saturated carbocycles. The molecule has 2 aromatic carbocycles. The van der Waals surface area contributed by atoms with E-state index in [2.05, 4.69) is 20.5 Å². The van der Waals surface area contributed by atoms with Gasteiger partial charge in [0.25, 0.3) is 0 Å². The molecular formula is C19H17ClN4O3S. The first kappa shape index (κ1) is 18.6. The average molecular weight is 417 g/mol. The largest absolute Gasteiger partial charge is 0.493 e. The van der Waals surface area contributed by atoms with Gasteiger partial charge in [-0.15, -0.1) is 10.2 Å². The van der Waals surface area contributed by atoms with Gasteiger partial charge in [0.05, 0.1) is 19.2 Å². The maximum Gasteiger partial charge on any atom is 0.247 e. The Hall–Kier alpha value is -2.71. The fraction of sp³-hybridized carbons (Fsp3) is 0.211. The van der Waals surface area contributed by atoms with Crippen LogP contribution in [0.1, 0.15) is 11.8 Å². The number of anilines is 1. The molecule has 0 spiro atoms. The van der Waals surface area contributed by atoms with E-state index >= 15 is 0 Å². The molecule has 1 atom stereocenters. The highest BCUT2D eigenvalue weighted by Gasteiger charge is 2.28. The van der Waals surface area contributed by atoms with Crippen molar-refractivity contribution in [3.63, 3.8) is 0 Å². The molecular weight excluding hydrogens is 400 g/mol. The smallest absolute Gasteiger partial charge is 0.247 e. The van der Waals surface area contributed by atoms with Crippen LogP contribution in [0.25, 0.3) is 11.3 Å². The van der Waals surface area contributed by atoms with E-state index in [0.29, 0.717) is 38.8 Å². The Morgan fingerprint density at radius 3 is 2.61 bits per heavy atom.